The molecule has 56 heavy (non-hydrogen) atoms. The Labute approximate surface area is 329 Å². The van der Waals surface area contributed by atoms with Gasteiger partial charge in [-0.05, 0) is 65.3 Å². The van der Waals surface area contributed by atoms with Crippen molar-refractivity contribution in [3.63, 3.8) is 0 Å². The van der Waals surface area contributed by atoms with E-state index in [1.165, 1.54) is 0 Å². The number of alkyl carbamates (subject to hydrolysis) is 1. The Morgan fingerprint density at radius 3 is 2.12 bits per heavy atom. The fraction of sp³-hybridized carbons (Fsp3) is 0.455. The van der Waals surface area contributed by atoms with Gasteiger partial charge in [0.25, 0.3) is 5.91 Å². The summed E-state index contributed by atoms with van der Waals surface area (Å²) < 4.78 is 11.3. The Bertz CT molecular complexity index is 1750. The van der Waals surface area contributed by atoms with Crippen LogP contribution in [-0.2, 0) is 28.7 Å². The Balaban J connectivity index is 1.29. The van der Waals surface area contributed by atoms with Crippen LogP contribution >= 0.6 is 0 Å². The van der Waals surface area contributed by atoms with E-state index in [4.69, 9.17) is 14.3 Å². The molecule has 300 valence electrons. The summed E-state index contributed by atoms with van der Waals surface area (Å²) in [4.78, 5) is 60.9. The van der Waals surface area contributed by atoms with Gasteiger partial charge in [0.15, 0.2) is 6.29 Å². The van der Waals surface area contributed by atoms with Crippen molar-refractivity contribution in [3.8, 4) is 11.1 Å². The zero-order chi connectivity index (χ0) is 40.0. The van der Waals surface area contributed by atoms with Gasteiger partial charge < -0.3 is 19.9 Å². The second kappa shape index (κ2) is 20.8. The lowest BCUT2D eigenvalue weighted by atomic mass is 9.82. The maximum absolute atomic E-state index is 14.3. The molecule has 4 atom stereocenters. The van der Waals surface area contributed by atoms with Gasteiger partial charge in [-0.25, -0.2) is 15.1 Å². The molecule has 3 aromatic carbocycles. The first-order valence-corrected chi connectivity index (χ1v) is 19.7. The number of aliphatic hydroxyl groups excluding tert-OH is 1. The van der Waals surface area contributed by atoms with E-state index in [9.17, 15) is 24.3 Å². The van der Waals surface area contributed by atoms with Crippen LogP contribution in [0.5, 0.6) is 0 Å². The van der Waals surface area contributed by atoms with Crippen LogP contribution < -0.4 is 16.2 Å². The number of carbonyl (C=O) groups is 4. The van der Waals surface area contributed by atoms with Gasteiger partial charge >= 0.3 is 6.09 Å². The molecule has 0 aromatic heterocycles. The highest BCUT2D eigenvalue weighted by Gasteiger charge is 2.37. The highest BCUT2D eigenvalue weighted by atomic mass is 16.8. The third-order valence-corrected chi connectivity index (χ3v) is 9.99. The monoisotopic (exact) mass is 768 g/mol. The van der Waals surface area contributed by atoms with Crippen LogP contribution in [0.1, 0.15) is 82.4 Å². The molecule has 5 rings (SSSR count). The quantitative estimate of drug-likeness (QED) is 0.116. The van der Waals surface area contributed by atoms with Crippen LogP contribution in [0.4, 0.5) is 4.79 Å². The van der Waals surface area contributed by atoms with Crippen molar-refractivity contribution >= 4 is 29.9 Å². The largest absolute Gasteiger partial charge is 0.449 e. The summed E-state index contributed by atoms with van der Waals surface area (Å²) in [7, 11) is 0. The predicted molar refractivity (Wildman–Crippen MR) is 213 cm³/mol. The summed E-state index contributed by atoms with van der Waals surface area (Å²) in [5, 5.41) is 14.0. The van der Waals surface area contributed by atoms with Gasteiger partial charge in [-0.1, -0.05) is 119 Å². The molecule has 12 heteroatoms. The molecule has 1 aliphatic heterocycles. The molecular weight excluding hydrogens is 713 g/mol. The fourth-order valence-electron chi connectivity index (χ4n) is 7.26. The number of nitrogens with zero attached hydrogens (tertiary/aromatic N) is 1. The highest BCUT2D eigenvalue weighted by molar-refractivity contribution is 5.91. The first-order chi connectivity index (χ1) is 27.0. The summed E-state index contributed by atoms with van der Waals surface area (Å²) in [6.45, 7) is 7.56. The van der Waals surface area contributed by atoms with Crippen molar-refractivity contribution in [2.24, 2.45) is 23.7 Å². The molecule has 4 N–H and O–H groups in total. The van der Waals surface area contributed by atoms with Gasteiger partial charge in [-0.3, -0.25) is 24.8 Å². The standard InChI is InChI=1S/C44H56N4O8/c1-29(2)25-37(36(22-14-17-31-15-6-5-7-16-31)42(51)47-56-40-23-12-13-24-54-40)41(50)46-48(26-30(3)4)43(52)39(27-49)45-44(53)55-28-38-34-20-10-8-18-32(34)33-19-9-11-21-35(33)38/h5-11,14-21,29-30,36-40,49H,12-13,22-28H2,1-4H3,(H,45,53)(H,46,50)(H,47,51)/b17-14+/t36-,37+,39+,40?/m0/s1. The van der Waals surface area contributed by atoms with E-state index in [1.807, 2.05) is 119 Å². The lowest BCUT2D eigenvalue weighted by Gasteiger charge is -2.32. The van der Waals surface area contributed by atoms with Crippen molar-refractivity contribution in [1.82, 2.24) is 21.2 Å². The van der Waals surface area contributed by atoms with E-state index >= 15 is 0 Å². The van der Waals surface area contributed by atoms with Crippen molar-refractivity contribution in [2.75, 3.05) is 26.4 Å². The molecule has 1 unspecified atom stereocenters. The lowest BCUT2D eigenvalue weighted by molar-refractivity contribution is -0.203. The zero-order valence-corrected chi connectivity index (χ0v) is 32.8. The number of carbonyl (C=O) groups excluding carboxylic acids is 4. The van der Waals surface area contributed by atoms with Crippen molar-refractivity contribution in [2.45, 2.75) is 78.0 Å². The fourth-order valence-corrected chi connectivity index (χ4v) is 7.26. The van der Waals surface area contributed by atoms with E-state index in [0.29, 0.717) is 19.4 Å². The minimum absolute atomic E-state index is 0.0106. The maximum Gasteiger partial charge on any atom is 0.407 e. The molecule has 0 saturated carbocycles. The first kappa shape index (κ1) is 42.1. The number of hydrazine groups is 1. The summed E-state index contributed by atoms with van der Waals surface area (Å²) in [5.74, 6) is -3.79. The lowest BCUT2D eigenvalue weighted by Crippen LogP contribution is -2.58. The maximum atomic E-state index is 14.3. The number of hydrogen-bond acceptors (Lipinski definition) is 8. The number of benzene rings is 3. The Hall–Kier alpha value is -5.04. The summed E-state index contributed by atoms with van der Waals surface area (Å²) in [6, 6.07) is 24.1. The average molecular weight is 769 g/mol. The number of fused-ring (bicyclic) bond motifs is 3. The number of allylic oxidation sites excluding steroid dienone is 1. The van der Waals surface area contributed by atoms with Crippen molar-refractivity contribution in [3.05, 3.63) is 102 Å². The van der Waals surface area contributed by atoms with Crippen LogP contribution in [0.2, 0.25) is 0 Å². The summed E-state index contributed by atoms with van der Waals surface area (Å²) >= 11 is 0. The Morgan fingerprint density at radius 2 is 1.52 bits per heavy atom. The zero-order valence-electron chi connectivity index (χ0n) is 32.8. The molecule has 2 aliphatic rings. The highest BCUT2D eigenvalue weighted by Crippen LogP contribution is 2.44. The van der Waals surface area contributed by atoms with Gasteiger partial charge in [0, 0.05) is 25.5 Å². The van der Waals surface area contributed by atoms with Gasteiger partial charge in [-0.15, -0.1) is 0 Å². The molecule has 0 spiro atoms. The Kier molecular flexibility index (Phi) is 15.6. The Morgan fingerprint density at radius 1 is 0.857 bits per heavy atom. The second-order valence-corrected chi connectivity index (χ2v) is 15.3. The molecule has 1 saturated heterocycles. The van der Waals surface area contributed by atoms with Crippen LogP contribution in [-0.4, -0.2) is 72.6 Å². The van der Waals surface area contributed by atoms with Gasteiger partial charge in [0.2, 0.25) is 11.8 Å². The minimum Gasteiger partial charge on any atom is -0.449 e. The molecule has 0 bridgehead atoms. The molecule has 12 nitrogen and oxygen atoms in total. The van der Waals surface area contributed by atoms with E-state index in [-0.39, 0.29) is 37.3 Å². The number of nitrogens with one attached hydrogen (secondary N) is 3. The van der Waals surface area contributed by atoms with Crippen LogP contribution in [0.25, 0.3) is 17.2 Å². The number of hydroxylamine groups is 1. The molecule has 1 aliphatic carbocycles. The SMILES string of the molecule is CC(C)C[C@@H](C(=O)NN(CC(C)C)C(=O)[C@@H](CO)NC(=O)OCC1c2ccccc2-c2ccccc21)[C@H](C/C=C/c1ccccc1)C(=O)NOC1CCCCO1. The number of hydrogen-bond donors (Lipinski definition) is 4. The molecule has 4 amide bonds. The molecule has 3 aromatic rings. The minimum atomic E-state index is -1.41. The van der Waals surface area contributed by atoms with E-state index in [2.05, 4.69) is 16.2 Å². The van der Waals surface area contributed by atoms with Gasteiger partial charge in [0.1, 0.15) is 12.6 Å². The third-order valence-electron chi connectivity index (χ3n) is 9.99. The van der Waals surface area contributed by atoms with Gasteiger partial charge in [0.05, 0.1) is 18.4 Å². The third kappa shape index (κ3) is 11.5. The van der Waals surface area contributed by atoms with Crippen LogP contribution in [0.3, 0.4) is 0 Å². The topological polar surface area (TPSA) is 156 Å². The number of aliphatic hydroxyl groups is 1. The predicted octanol–water partition coefficient (Wildman–Crippen LogP) is 6.36. The van der Waals surface area contributed by atoms with E-state index < -0.39 is 54.6 Å². The van der Waals surface area contributed by atoms with Gasteiger partial charge in [-0.2, -0.15) is 0 Å². The second-order valence-electron chi connectivity index (χ2n) is 15.3. The average Bonchev–Trinajstić information content (AvgIpc) is 3.52. The number of amides is 4. The van der Waals surface area contributed by atoms with E-state index in [0.717, 1.165) is 45.7 Å². The first-order valence-electron chi connectivity index (χ1n) is 19.7. The number of rotatable bonds is 17. The summed E-state index contributed by atoms with van der Waals surface area (Å²) in [6.07, 6.45) is 5.29. The molecule has 1 fully saturated rings. The van der Waals surface area contributed by atoms with Crippen molar-refractivity contribution < 1.29 is 38.6 Å². The van der Waals surface area contributed by atoms with Crippen LogP contribution in [0, 0.1) is 23.7 Å². The molecule has 1 heterocycles. The molecule has 0 radical (unpaired) electrons. The normalized spacial score (nSPS) is 16.8. The molecular formula is C44H56N4O8. The van der Waals surface area contributed by atoms with E-state index in [1.54, 1.807) is 0 Å². The summed E-state index contributed by atoms with van der Waals surface area (Å²) in [5.41, 5.74) is 10.5. The van der Waals surface area contributed by atoms with Crippen molar-refractivity contribution in [1.29, 1.82) is 0 Å². The smallest absolute Gasteiger partial charge is 0.407 e. The van der Waals surface area contributed by atoms with Crippen LogP contribution in [0.15, 0.2) is 84.9 Å². The number of ether oxygens (including phenoxy) is 2.